The Morgan fingerprint density at radius 1 is 1.14 bits per heavy atom. The van der Waals surface area contributed by atoms with E-state index in [2.05, 4.69) is 10.2 Å². The van der Waals surface area contributed by atoms with Crippen LogP contribution in [0.2, 0.25) is 5.02 Å². The maximum absolute atomic E-state index is 11.8. The average Bonchev–Trinajstić information content (AvgIpc) is 2.75. The van der Waals surface area contributed by atoms with E-state index in [1.54, 1.807) is 23.9 Å². The van der Waals surface area contributed by atoms with Gasteiger partial charge in [0.1, 0.15) is 0 Å². The molecule has 0 radical (unpaired) electrons. The molecule has 0 saturated carbocycles. The monoisotopic (exact) mass is 326 g/mol. The van der Waals surface area contributed by atoms with Gasteiger partial charge < -0.3 is 10.2 Å². The Kier molecular flexibility index (Phi) is 7.41. The van der Waals surface area contributed by atoms with E-state index in [0.717, 1.165) is 18.0 Å². The molecule has 0 bridgehead atoms. The van der Waals surface area contributed by atoms with Crippen LogP contribution in [0.25, 0.3) is 0 Å². The van der Waals surface area contributed by atoms with Crippen LogP contribution in [0.5, 0.6) is 0 Å². The van der Waals surface area contributed by atoms with Crippen LogP contribution in [-0.4, -0.2) is 41.9 Å². The summed E-state index contributed by atoms with van der Waals surface area (Å²) in [6.45, 7) is 3.54. The lowest BCUT2D eigenvalue weighted by molar-refractivity contribution is -0.113. The second kappa shape index (κ2) is 9.34. The van der Waals surface area contributed by atoms with Crippen molar-refractivity contribution in [2.75, 3.05) is 36.5 Å². The molecule has 3 nitrogen and oxygen atoms in total. The topological polar surface area (TPSA) is 32.3 Å². The number of hydrogen-bond acceptors (Lipinski definition) is 3. The fourth-order valence-corrected chi connectivity index (χ4v) is 3.36. The molecule has 0 atom stereocenters. The van der Waals surface area contributed by atoms with Gasteiger partial charge in [0, 0.05) is 23.0 Å². The standard InChI is InChI=1S/C16H23ClN2OS/c17-14-5-7-15(8-6-14)18-16(20)13-21-12-11-19-9-3-1-2-4-10-19/h5-8H,1-4,9-13H2,(H,18,20). The molecule has 5 heteroatoms. The normalized spacial score (nSPS) is 16.4. The number of carbonyl (C=O) groups excluding carboxylic acids is 1. The molecule has 0 aromatic heterocycles. The molecule has 21 heavy (non-hydrogen) atoms. The van der Waals surface area contributed by atoms with Gasteiger partial charge in [-0.3, -0.25) is 4.79 Å². The van der Waals surface area contributed by atoms with Crippen molar-refractivity contribution in [1.82, 2.24) is 4.90 Å². The second-order valence-electron chi connectivity index (χ2n) is 5.36. The number of anilines is 1. The second-order valence-corrected chi connectivity index (χ2v) is 6.91. The summed E-state index contributed by atoms with van der Waals surface area (Å²) in [6.07, 6.45) is 5.38. The lowest BCUT2D eigenvalue weighted by Gasteiger charge is -2.19. The van der Waals surface area contributed by atoms with Gasteiger partial charge in [-0.15, -0.1) is 0 Å². The molecule has 1 N–H and O–H groups in total. The highest BCUT2D eigenvalue weighted by Gasteiger charge is 2.09. The first-order valence-electron chi connectivity index (χ1n) is 7.59. The lowest BCUT2D eigenvalue weighted by atomic mass is 10.2. The summed E-state index contributed by atoms with van der Waals surface area (Å²) in [4.78, 5) is 14.3. The van der Waals surface area contributed by atoms with Gasteiger partial charge in [0.2, 0.25) is 5.91 Å². The Bertz CT molecular complexity index is 430. The summed E-state index contributed by atoms with van der Waals surface area (Å²) < 4.78 is 0. The Morgan fingerprint density at radius 3 is 2.48 bits per heavy atom. The maximum Gasteiger partial charge on any atom is 0.234 e. The van der Waals surface area contributed by atoms with Crippen molar-refractivity contribution in [3.05, 3.63) is 29.3 Å². The first-order chi connectivity index (χ1) is 10.2. The first kappa shape index (κ1) is 16.7. The number of halogens is 1. The summed E-state index contributed by atoms with van der Waals surface area (Å²) in [6, 6.07) is 7.21. The Balaban J connectivity index is 1.59. The van der Waals surface area contributed by atoms with E-state index in [1.165, 1.54) is 38.8 Å². The molecule has 1 aromatic carbocycles. The molecular formula is C16H23ClN2OS. The lowest BCUT2D eigenvalue weighted by Crippen LogP contribution is -2.27. The highest BCUT2D eigenvalue weighted by Crippen LogP contribution is 2.14. The van der Waals surface area contributed by atoms with Crippen molar-refractivity contribution in [2.45, 2.75) is 25.7 Å². The van der Waals surface area contributed by atoms with E-state index >= 15 is 0 Å². The molecule has 0 unspecified atom stereocenters. The van der Waals surface area contributed by atoms with Crippen LogP contribution in [0.1, 0.15) is 25.7 Å². The highest BCUT2D eigenvalue weighted by atomic mass is 35.5. The van der Waals surface area contributed by atoms with Crippen LogP contribution in [-0.2, 0) is 4.79 Å². The smallest absolute Gasteiger partial charge is 0.234 e. The van der Waals surface area contributed by atoms with Crippen molar-refractivity contribution >= 4 is 35.0 Å². The number of rotatable bonds is 6. The molecule has 2 rings (SSSR count). The van der Waals surface area contributed by atoms with Crippen LogP contribution >= 0.6 is 23.4 Å². The summed E-state index contributed by atoms with van der Waals surface area (Å²) in [5, 5.41) is 3.57. The molecule has 1 aliphatic heterocycles. The van der Waals surface area contributed by atoms with Gasteiger partial charge in [-0.25, -0.2) is 0 Å². The zero-order valence-electron chi connectivity index (χ0n) is 12.3. The van der Waals surface area contributed by atoms with Crippen LogP contribution in [0, 0.1) is 0 Å². The number of amides is 1. The van der Waals surface area contributed by atoms with Gasteiger partial charge >= 0.3 is 0 Å². The predicted octanol–water partition coefficient (Wildman–Crippen LogP) is 3.89. The van der Waals surface area contributed by atoms with Crippen molar-refractivity contribution in [2.24, 2.45) is 0 Å². The number of nitrogens with one attached hydrogen (secondary N) is 1. The predicted molar refractivity (Wildman–Crippen MR) is 92.3 cm³/mol. The zero-order chi connectivity index (χ0) is 14.9. The molecule has 1 heterocycles. The Morgan fingerprint density at radius 2 is 1.81 bits per heavy atom. The van der Waals surface area contributed by atoms with E-state index in [-0.39, 0.29) is 5.91 Å². The fourth-order valence-electron chi connectivity index (χ4n) is 2.45. The van der Waals surface area contributed by atoms with Crippen LogP contribution in [0.15, 0.2) is 24.3 Å². The SMILES string of the molecule is O=C(CSCCN1CCCCCC1)Nc1ccc(Cl)cc1. The van der Waals surface area contributed by atoms with E-state index in [0.29, 0.717) is 10.8 Å². The largest absolute Gasteiger partial charge is 0.325 e. The number of likely N-dealkylation sites (tertiary alicyclic amines) is 1. The molecule has 1 fully saturated rings. The zero-order valence-corrected chi connectivity index (χ0v) is 13.9. The van der Waals surface area contributed by atoms with E-state index in [9.17, 15) is 4.79 Å². The first-order valence-corrected chi connectivity index (χ1v) is 9.13. The van der Waals surface area contributed by atoms with Gasteiger partial charge in [-0.05, 0) is 50.2 Å². The molecule has 0 spiro atoms. The minimum Gasteiger partial charge on any atom is -0.325 e. The third kappa shape index (κ3) is 6.72. The quantitative estimate of drug-likeness (QED) is 0.805. The number of hydrogen-bond donors (Lipinski definition) is 1. The third-order valence-corrected chi connectivity index (χ3v) is 4.80. The Hall–Kier alpha value is -0.710. The summed E-state index contributed by atoms with van der Waals surface area (Å²) >= 11 is 7.52. The van der Waals surface area contributed by atoms with Gasteiger partial charge in [-0.1, -0.05) is 24.4 Å². The van der Waals surface area contributed by atoms with E-state index < -0.39 is 0 Å². The maximum atomic E-state index is 11.8. The molecule has 1 amide bonds. The van der Waals surface area contributed by atoms with Gasteiger partial charge in [0.15, 0.2) is 0 Å². The highest BCUT2D eigenvalue weighted by molar-refractivity contribution is 7.99. The van der Waals surface area contributed by atoms with Crippen LogP contribution in [0.3, 0.4) is 0 Å². The number of carbonyl (C=O) groups is 1. The summed E-state index contributed by atoms with van der Waals surface area (Å²) in [5.74, 6) is 1.59. The molecule has 1 aromatic rings. The minimum absolute atomic E-state index is 0.0539. The van der Waals surface area contributed by atoms with Crippen molar-refractivity contribution < 1.29 is 4.79 Å². The van der Waals surface area contributed by atoms with E-state index in [4.69, 9.17) is 11.6 Å². The number of thioether (sulfide) groups is 1. The van der Waals surface area contributed by atoms with Crippen molar-refractivity contribution in [3.63, 3.8) is 0 Å². The van der Waals surface area contributed by atoms with Gasteiger partial charge in [0.05, 0.1) is 5.75 Å². The number of nitrogens with zero attached hydrogens (tertiary/aromatic N) is 1. The molecule has 116 valence electrons. The van der Waals surface area contributed by atoms with Crippen LogP contribution in [0.4, 0.5) is 5.69 Å². The van der Waals surface area contributed by atoms with Gasteiger partial charge in [-0.2, -0.15) is 11.8 Å². The molecule has 0 aliphatic carbocycles. The molecule has 1 aliphatic rings. The molecule has 1 saturated heterocycles. The molecular weight excluding hydrogens is 304 g/mol. The third-order valence-electron chi connectivity index (χ3n) is 3.61. The van der Waals surface area contributed by atoms with Crippen molar-refractivity contribution in [1.29, 1.82) is 0 Å². The average molecular weight is 327 g/mol. The van der Waals surface area contributed by atoms with Crippen LogP contribution < -0.4 is 5.32 Å². The van der Waals surface area contributed by atoms with Gasteiger partial charge in [0.25, 0.3) is 0 Å². The fraction of sp³-hybridized carbons (Fsp3) is 0.562. The van der Waals surface area contributed by atoms with Crippen molar-refractivity contribution in [3.8, 4) is 0 Å². The Labute approximate surface area is 136 Å². The summed E-state index contributed by atoms with van der Waals surface area (Å²) in [5.41, 5.74) is 0.803. The minimum atomic E-state index is 0.0539. The number of benzene rings is 1. The summed E-state index contributed by atoms with van der Waals surface area (Å²) in [7, 11) is 0. The van der Waals surface area contributed by atoms with E-state index in [1.807, 2.05) is 12.1 Å².